The van der Waals surface area contributed by atoms with Gasteiger partial charge in [0.2, 0.25) is 5.96 Å². The van der Waals surface area contributed by atoms with E-state index in [2.05, 4.69) is 17.0 Å². The zero-order chi connectivity index (χ0) is 17.8. The standard InChI is InChI=1S/C20H23N5O/c1-23-19(26)17-16(12-13-8-4-3-5-9-13)24(2)22-18(17)25-15-11-7-6-10-14(15)21-20(23)25/h3-5,8-9,14-15H,6-7,10-12H2,1-2H3. The summed E-state index contributed by atoms with van der Waals surface area (Å²) < 4.78 is 1.88. The van der Waals surface area contributed by atoms with E-state index in [0.29, 0.717) is 18.5 Å². The number of amides is 1. The van der Waals surface area contributed by atoms with Crippen LogP contribution in [0.3, 0.4) is 0 Å². The van der Waals surface area contributed by atoms with E-state index in [1.165, 1.54) is 18.4 Å². The van der Waals surface area contributed by atoms with Crippen LogP contribution in [0.1, 0.15) is 47.3 Å². The second kappa shape index (κ2) is 5.69. The quantitative estimate of drug-likeness (QED) is 0.837. The molecular weight excluding hydrogens is 326 g/mol. The average molecular weight is 349 g/mol. The van der Waals surface area contributed by atoms with Gasteiger partial charge in [0, 0.05) is 20.5 Å². The first-order valence-electron chi connectivity index (χ1n) is 9.40. The molecule has 1 saturated carbocycles. The lowest BCUT2D eigenvalue weighted by atomic mass is 9.90. The molecule has 1 fully saturated rings. The summed E-state index contributed by atoms with van der Waals surface area (Å²) in [6.45, 7) is 0. The maximum Gasteiger partial charge on any atom is 0.266 e. The van der Waals surface area contributed by atoms with Gasteiger partial charge in [-0.15, -0.1) is 0 Å². The molecule has 0 radical (unpaired) electrons. The van der Waals surface area contributed by atoms with E-state index in [1.807, 2.05) is 37.0 Å². The number of guanidine groups is 1. The van der Waals surface area contributed by atoms with E-state index in [1.54, 1.807) is 4.90 Å². The number of hydrogen-bond donors (Lipinski definition) is 0. The van der Waals surface area contributed by atoms with Crippen LogP contribution in [-0.4, -0.2) is 45.7 Å². The Bertz CT molecular complexity index is 900. The number of aromatic nitrogens is 2. The Morgan fingerprint density at radius 3 is 2.69 bits per heavy atom. The molecule has 3 aliphatic rings. The molecule has 2 atom stereocenters. The maximum absolute atomic E-state index is 13.2. The van der Waals surface area contributed by atoms with Gasteiger partial charge in [0.1, 0.15) is 5.56 Å². The molecule has 0 N–H and O–H groups in total. The lowest BCUT2D eigenvalue weighted by Crippen LogP contribution is -2.52. The zero-order valence-corrected chi connectivity index (χ0v) is 15.2. The van der Waals surface area contributed by atoms with Gasteiger partial charge in [0.25, 0.3) is 5.91 Å². The van der Waals surface area contributed by atoms with Crippen LogP contribution in [0.25, 0.3) is 0 Å². The Morgan fingerprint density at radius 1 is 1.12 bits per heavy atom. The Labute approximate surface area is 153 Å². The predicted octanol–water partition coefficient (Wildman–Crippen LogP) is 2.58. The Morgan fingerprint density at radius 2 is 1.88 bits per heavy atom. The molecule has 1 aliphatic carbocycles. The van der Waals surface area contributed by atoms with Crippen LogP contribution in [0.2, 0.25) is 0 Å². The summed E-state index contributed by atoms with van der Waals surface area (Å²) in [4.78, 5) is 22.0. The van der Waals surface area contributed by atoms with Crippen LogP contribution in [-0.2, 0) is 13.5 Å². The number of benzene rings is 1. The van der Waals surface area contributed by atoms with Crippen molar-refractivity contribution in [2.75, 3.05) is 11.9 Å². The van der Waals surface area contributed by atoms with Crippen molar-refractivity contribution in [2.24, 2.45) is 12.0 Å². The van der Waals surface area contributed by atoms with Crippen molar-refractivity contribution >= 4 is 17.7 Å². The normalized spacial score (nSPS) is 24.2. The summed E-state index contributed by atoms with van der Waals surface area (Å²) in [6, 6.07) is 10.9. The van der Waals surface area contributed by atoms with Gasteiger partial charge < -0.3 is 0 Å². The van der Waals surface area contributed by atoms with Crippen LogP contribution in [0, 0.1) is 0 Å². The molecule has 1 amide bonds. The van der Waals surface area contributed by atoms with Crippen molar-refractivity contribution in [1.29, 1.82) is 0 Å². The molecule has 26 heavy (non-hydrogen) atoms. The molecule has 2 aromatic rings. The van der Waals surface area contributed by atoms with Crippen molar-refractivity contribution in [1.82, 2.24) is 14.7 Å². The van der Waals surface area contributed by atoms with Crippen molar-refractivity contribution in [2.45, 2.75) is 44.2 Å². The Kier molecular flexibility index (Phi) is 3.42. The molecular formula is C20H23N5O. The van der Waals surface area contributed by atoms with Gasteiger partial charge in [-0.3, -0.25) is 19.3 Å². The molecule has 6 nitrogen and oxygen atoms in total. The highest BCUT2D eigenvalue weighted by atomic mass is 16.2. The second-order valence-electron chi connectivity index (χ2n) is 7.51. The summed E-state index contributed by atoms with van der Waals surface area (Å²) in [6.07, 6.45) is 5.36. The van der Waals surface area contributed by atoms with Crippen LogP contribution in [0.5, 0.6) is 0 Å². The maximum atomic E-state index is 13.2. The fourth-order valence-corrected chi connectivity index (χ4v) is 4.58. The topological polar surface area (TPSA) is 53.7 Å². The highest BCUT2D eigenvalue weighted by Gasteiger charge is 2.47. The van der Waals surface area contributed by atoms with Gasteiger partial charge in [0.15, 0.2) is 5.82 Å². The minimum Gasteiger partial charge on any atom is -0.289 e. The molecule has 6 heteroatoms. The zero-order valence-electron chi connectivity index (χ0n) is 15.2. The van der Waals surface area contributed by atoms with E-state index in [4.69, 9.17) is 10.1 Å². The number of fused-ring (bicyclic) bond motifs is 5. The SMILES string of the molecule is CN1C(=O)c2c(nn(C)c2Cc2ccccc2)N2C1=NC1CCCCC12. The lowest BCUT2D eigenvalue weighted by Gasteiger charge is -2.36. The number of rotatable bonds is 2. The highest BCUT2D eigenvalue weighted by molar-refractivity contribution is 6.19. The summed E-state index contributed by atoms with van der Waals surface area (Å²) in [5.74, 6) is 1.59. The number of carbonyl (C=O) groups is 1. The second-order valence-corrected chi connectivity index (χ2v) is 7.51. The first kappa shape index (κ1) is 15.6. The minimum atomic E-state index is 0.00711. The fourth-order valence-electron chi connectivity index (χ4n) is 4.58. The molecule has 0 saturated heterocycles. The van der Waals surface area contributed by atoms with Crippen LogP contribution in [0.4, 0.5) is 5.82 Å². The number of anilines is 1. The van der Waals surface area contributed by atoms with Gasteiger partial charge in [-0.2, -0.15) is 5.10 Å². The third kappa shape index (κ3) is 2.14. The number of aryl methyl sites for hydroxylation is 1. The van der Waals surface area contributed by atoms with Gasteiger partial charge in [-0.05, 0) is 18.4 Å². The van der Waals surface area contributed by atoms with Crippen molar-refractivity contribution in [3.63, 3.8) is 0 Å². The molecule has 0 bridgehead atoms. The molecule has 3 heterocycles. The molecule has 134 valence electrons. The molecule has 2 unspecified atom stereocenters. The van der Waals surface area contributed by atoms with Crippen molar-refractivity contribution in [3.8, 4) is 0 Å². The van der Waals surface area contributed by atoms with E-state index in [-0.39, 0.29) is 5.91 Å². The van der Waals surface area contributed by atoms with Gasteiger partial charge >= 0.3 is 0 Å². The predicted molar refractivity (Wildman–Crippen MR) is 101 cm³/mol. The third-order valence-corrected chi connectivity index (χ3v) is 5.93. The smallest absolute Gasteiger partial charge is 0.266 e. The number of carbonyl (C=O) groups excluding carboxylic acids is 1. The Balaban J connectivity index is 1.62. The molecule has 1 aromatic carbocycles. The van der Waals surface area contributed by atoms with Gasteiger partial charge in [0.05, 0.1) is 17.8 Å². The molecule has 5 rings (SSSR count). The summed E-state index contributed by atoms with van der Waals surface area (Å²) >= 11 is 0. The van der Waals surface area contributed by atoms with Crippen LogP contribution in [0.15, 0.2) is 35.3 Å². The first-order chi connectivity index (χ1) is 12.6. The van der Waals surface area contributed by atoms with E-state index >= 15 is 0 Å². The number of nitrogens with zero attached hydrogens (tertiary/aromatic N) is 5. The third-order valence-electron chi connectivity index (χ3n) is 5.93. The first-order valence-corrected chi connectivity index (χ1v) is 9.40. The number of aliphatic imine (C=N–C) groups is 1. The molecule has 1 aromatic heterocycles. The fraction of sp³-hybridized carbons (Fsp3) is 0.450. The summed E-state index contributed by atoms with van der Waals surface area (Å²) in [7, 11) is 3.78. The van der Waals surface area contributed by atoms with E-state index in [9.17, 15) is 4.79 Å². The van der Waals surface area contributed by atoms with E-state index < -0.39 is 0 Å². The lowest BCUT2D eigenvalue weighted by molar-refractivity contribution is 0.0864. The average Bonchev–Trinajstić information content (AvgIpc) is 3.19. The highest BCUT2D eigenvalue weighted by Crippen LogP contribution is 2.40. The van der Waals surface area contributed by atoms with E-state index in [0.717, 1.165) is 35.9 Å². The Hall–Kier alpha value is -2.63. The van der Waals surface area contributed by atoms with Crippen molar-refractivity contribution in [3.05, 3.63) is 47.2 Å². The van der Waals surface area contributed by atoms with Gasteiger partial charge in [-0.1, -0.05) is 43.2 Å². The number of hydrogen-bond acceptors (Lipinski definition) is 4. The van der Waals surface area contributed by atoms with Crippen molar-refractivity contribution < 1.29 is 4.79 Å². The molecule has 2 aliphatic heterocycles. The summed E-state index contributed by atoms with van der Waals surface area (Å²) in [5.41, 5.74) is 2.90. The largest absolute Gasteiger partial charge is 0.289 e. The van der Waals surface area contributed by atoms with Gasteiger partial charge in [-0.25, -0.2) is 4.99 Å². The van der Waals surface area contributed by atoms with Crippen LogP contribution >= 0.6 is 0 Å². The minimum absolute atomic E-state index is 0.00711. The summed E-state index contributed by atoms with van der Waals surface area (Å²) in [5, 5.41) is 4.78. The monoisotopic (exact) mass is 349 g/mol. The molecule has 0 spiro atoms. The van der Waals surface area contributed by atoms with Crippen LogP contribution < -0.4 is 4.90 Å².